The molecule has 15 heavy (non-hydrogen) atoms. The van der Waals surface area contributed by atoms with Gasteiger partial charge in [0.2, 0.25) is 0 Å². The predicted octanol–water partition coefficient (Wildman–Crippen LogP) is 1.87. The van der Waals surface area contributed by atoms with Gasteiger partial charge < -0.3 is 14.2 Å². The van der Waals surface area contributed by atoms with Gasteiger partial charge in [-0.1, -0.05) is 13.3 Å². The van der Waals surface area contributed by atoms with Crippen LogP contribution < -0.4 is 0 Å². The van der Waals surface area contributed by atoms with Gasteiger partial charge in [0.15, 0.2) is 12.4 Å². The molecule has 0 radical (unpaired) electrons. The van der Waals surface area contributed by atoms with Gasteiger partial charge >= 0.3 is 5.97 Å². The first-order valence-electron chi connectivity index (χ1n) is 5.57. The lowest BCUT2D eigenvalue weighted by Crippen LogP contribution is -2.32. The van der Waals surface area contributed by atoms with Crippen molar-refractivity contribution in [3.05, 3.63) is 0 Å². The third-order valence-corrected chi connectivity index (χ3v) is 2.32. The van der Waals surface area contributed by atoms with Gasteiger partial charge in [-0.2, -0.15) is 0 Å². The lowest BCUT2D eigenvalue weighted by molar-refractivity contribution is -0.175. The van der Waals surface area contributed by atoms with Crippen molar-refractivity contribution < 1.29 is 19.0 Å². The zero-order valence-corrected chi connectivity index (χ0v) is 9.69. The third kappa shape index (κ3) is 4.18. The van der Waals surface area contributed by atoms with E-state index in [0.29, 0.717) is 6.61 Å². The molecule has 1 aliphatic heterocycles. The number of hydrogen-bond donors (Lipinski definition) is 0. The molecule has 3 atom stereocenters. The Morgan fingerprint density at radius 3 is 2.80 bits per heavy atom. The highest BCUT2D eigenvalue weighted by Gasteiger charge is 2.32. The highest BCUT2D eigenvalue weighted by atomic mass is 16.7. The largest absolute Gasteiger partial charge is 0.457 e. The van der Waals surface area contributed by atoms with Crippen molar-refractivity contribution >= 4 is 5.97 Å². The van der Waals surface area contributed by atoms with Crippen LogP contribution in [0.25, 0.3) is 0 Å². The van der Waals surface area contributed by atoms with E-state index in [1.807, 2.05) is 6.92 Å². The molecule has 4 nitrogen and oxygen atoms in total. The molecule has 0 amide bonds. The van der Waals surface area contributed by atoms with Gasteiger partial charge in [0.25, 0.3) is 0 Å². The minimum absolute atomic E-state index is 0.0923. The summed E-state index contributed by atoms with van der Waals surface area (Å²) in [6.45, 7) is 6.04. The molecule has 4 heteroatoms. The molecule has 1 fully saturated rings. The van der Waals surface area contributed by atoms with Crippen LogP contribution in [0, 0.1) is 0 Å². The van der Waals surface area contributed by atoms with Gasteiger partial charge in [-0.25, -0.2) is 0 Å². The quantitative estimate of drug-likeness (QED) is 0.658. The SMILES string of the molecule is CCCCC(OC(C)=O)C1OCC(C)O1. The molecule has 0 spiro atoms. The first kappa shape index (κ1) is 12.5. The topological polar surface area (TPSA) is 44.8 Å². The number of hydrogen-bond acceptors (Lipinski definition) is 4. The Morgan fingerprint density at radius 2 is 2.33 bits per heavy atom. The summed E-state index contributed by atoms with van der Waals surface area (Å²) in [7, 11) is 0. The average molecular weight is 216 g/mol. The summed E-state index contributed by atoms with van der Waals surface area (Å²) in [4.78, 5) is 10.9. The van der Waals surface area contributed by atoms with Crippen molar-refractivity contribution in [3.8, 4) is 0 Å². The van der Waals surface area contributed by atoms with Gasteiger partial charge in [0.1, 0.15) is 0 Å². The van der Waals surface area contributed by atoms with Crippen LogP contribution in [0.15, 0.2) is 0 Å². The Hall–Kier alpha value is -0.610. The van der Waals surface area contributed by atoms with E-state index >= 15 is 0 Å². The number of unbranched alkanes of at least 4 members (excludes halogenated alkanes) is 1. The summed E-state index contributed by atoms with van der Waals surface area (Å²) >= 11 is 0. The Morgan fingerprint density at radius 1 is 1.60 bits per heavy atom. The van der Waals surface area contributed by atoms with Gasteiger partial charge in [-0.15, -0.1) is 0 Å². The second kappa shape index (κ2) is 6.08. The van der Waals surface area contributed by atoms with Crippen molar-refractivity contribution in [2.75, 3.05) is 6.61 Å². The third-order valence-electron chi connectivity index (χ3n) is 2.32. The molecule has 0 aromatic rings. The monoisotopic (exact) mass is 216 g/mol. The van der Waals surface area contributed by atoms with Gasteiger partial charge in [0.05, 0.1) is 12.7 Å². The maximum Gasteiger partial charge on any atom is 0.303 e. The molecule has 0 saturated carbocycles. The van der Waals surface area contributed by atoms with Crippen LogP contribution in [0.2, 0.25) is 0 Å². The lowest BCUT2D eigenvalue weighted by Gasteiger charge is -2.21. The molecule has 1 aliphatic rings. The number of carbonyl (C=O) groups is 1. The minimum Gasteiger partial charge on any atom is -0.457 e. The van der Waals surface area contributed by atoms with E-state index in [-0.39, 0.29) is 24.5 Å². The molecule has 1 saturated heterocycles. The highest BCUT2D eigenvalue weighted by Crippen LogP contribution is 2.20. The molecule has 0 aromatic carbocycles. The number of esters is 1. The highest BCUT2D eigenvalue weighted by molar-refractivity contribution is 5.66. The van der Waals surface area contributed by atoms with Crippen molar-refractivity contribution in [1.29, 1.82) is 0 Å². The molecule has 1 heterocycles. The van der Waals surface area contributed by atoms with E-state index in [2.05, 4.69) is 6.92 Å². The van der Waals surface area contributed by atoms with Crippen LogP contribution in [-0.4, -0.2) is 31.1 Å². The average Bonchev–Trinajstić information content (AvgIpc) is 2.58. The Labute approximate surface area is 90.9 Å². The molecule has 88 valence electrons. The van der Waals surface area contributed by atoms with Crippen molar-refractivity contribution in [2.45, 2.75) is 58.5 Å². The lowest BCUT2D eigenvalue weighted by atomic mass is 10.1. The maximum atomic E-state index is 10.9. The standard InChI is InChI=1S/C11H20O4/c1-4-5-6-10(15-9(3)12)11-13-7-8(2)14-11/h8,10-11H,4-7H2,1-3H3. The summed E-state index contributed by atoms with van der Waals surface area (Å²) in [5.41, 5.74) is 0. The summed E-state index contributed by atoms with van der Waals surface area (Å²) in [5, 5.41) is 0. The Balaban J connectivity index is 2.43. The minimum atomic E-state index is -0.379. The molecule has 0 aromatic heterocycles. The first-order chi connectivity index (χ1) is 7.13. The molecule has 1 rings (SSSR count). The van der Waals surface area contributed by atoms with E-state index in [1.165, 1.54) is 6.92 Å². The number of rotatable bonds is 5. The van der Waals surface area contributed by atoms with Crippen molar-refractivity contribution in [3.63, 3.8) is 0 Å². The molecular weight excluding hydrogens is 196 g/mol. The predicted molar refractivity (Wildman–Crippen MR) is 55.4 cm³/mol. The fraction of sp³-hybridized carbons (Fsp3) is 0.909. The van der Waals surface area contributed by atoms with E-state index in [9.17, 15) is 4.79 Å². The van der Waals surface area contributed by atoms with Crippen LogP contribution in [0.5, 0.6) is 0 Å². The molecule has 3 unspecified atom stereocenters. The number of carbonyl (C=O) groups excluding carboxylic acids is 1. The van der Waals surface area contributed by atoms with Gasteiger partial charge in [-0.3, -0.25) is 4.79 Å². The smallest absolute Gasteiger partial charge is 0.303 e. The molecule has 0 aliphatic carbocycles. The van der Waals surface area contributed by atoms with E-state index < -0.39 is 0 Å². The summed E-state index contributed by atoms with van der Waals surface area (Å²) < 4.78 is 16.1. The van der Waals surface area contributed by atoms with E-state index in [1.54, 1.807) is 0 Å². The molecule has 0 N–H and O–H groups in total. The molecule has 0 bridgehead atoms. The fourth-order valence-electron chi connectivity index (χ4n) is 1.60. The second-order valence-corrected chi connectivity index (χ2v) is 3.94. The van der Waals surface area contributed by atoms with Gasteiger partial charge in [-0.05, 0) is 19.8 Å². The van der Waals surface area contributed by atoms with Crippen LogP contribution in [0.4, 0.5) is 0 Å². The molecular formula is C11H20O4. The summed E-state index contributed by atoms with van der Waals surface area (Å²) in [5.74, 6) is -0.275. The summed E-state index contributed by atoms with van der Waals surface area (Å²) in [6.07, 6.45) is 2.33. The second-order valence-electron chi connectivity index (χ2n) is 3.94. The zero-order valence-electron chi connectivity index (χ0n) is 9.69. The number of ether oxygens (including phenoxy) is 3. The maximum absolute atomic E-state index is 10.9. The van der Waals surface area contributed by atoms with Crippen LogP contribution in [0.1, 0.15) is 40.0 Å². The van der Waals surface area contributed by atoms with E-state index in [4.69, 9.17) is 14.2 Å². The van der Waals surface area contributed by atoms with Crippen LogP contribution in [0.3, 0.4) is 0 Å². The Bertz CT molecular complexity index is 205. The fourth-order valence-corrected chi connectivity index (χ4v) is 1.60. The normalized spacial score (nSPS) is 27.7. The van der Waals surface area contributed by atoms with Gasteiger partial charge in [0, 0.05) is 6.92 Å². The van der Waals surface area contributed by atoms with E-state index in [0.717, 1.165) is 19.3 Å². The van der Waals surface area contributed by atoms with Crippen molar-refractivity contribution in [2.24, 2.45) is 0 Å². The summed E-state index contributed by atoms with van der Waals surface area (Å²) in [6, 6.07) is 0. The van der Waals surface area contributed by atoms with Crippen molar-refractivity contribution in [1.82, 2.24) is 0 Å². The zero-order chi connectivity index (χ0) is 11.3. The van der Waals surface area contributed by atoms with Crippen LogP contribution >= 0.6 is 0 Å². The first-order valence-corrected chi connectivity index (χ1v) is 5.57. The Kier molecular flexibility index (Phi) is 5.05. The van der Waals surface area contributed by atoms with Crippen LogP contribution in [-0.2, 0) is 19.0 Å².